The minimum atomic E-state index is -0.274. The molecule has 0 spiro atoms. The molecule has 3 heteroatoms. The second-order valence-corrected chi connectivity index (χ2v) is 4.95. The number of nitrogens with one attached hydrogen (secondary N) is 1. The Bertz CT molecular complexity index is 394. The minimum Gasteiger partial charge on any atom is -0.494 e. The SMILES string of the molecule is CNC(Cc1ccc(OC)c(F)c1)C1CC1C. The van der Waals surface area contributed by atoms with Crippen molar-refractivity contribution in [3.05, 3.63) is 29.6 Å². The predicted octanol–water partition coefficient (Wildman–Crippen LogP) is 2.62. The van der Waals surface area contributed by atoms with Gasteiger partial charge in [-0.05, 0) is 49.4 Å². The molecule has 0 heterocycles. The largest absolute Gasteiger partial charge is 0.494 e. The van der Waals surface area contributed by atoms with Gasteiger partial charge in [0.1, 0.15) is 0 Å². The smallest absolute Gasteiger partial charge is 0.165 e. The van der Waals surface area contributed by atoms with E-state index in [-0.39, 0.29) is 5.82 Å². The standard InChI is InChI=1S/C14H20FNO/c1-9-6-11(9)13(16-2)8-10-4-5-14(17-3)12(15)7-10/h4-5,7,9,11,13,16H,6,8H2,1-3H3. The molecule has 0 radical (unpaired) electrons. The summed E-state index contributed by atoms with van der Waals surface area (Å²) < 4.78 is 18.5. The molecule has 1 saturated carbocycles. The molecule has 0 aliphatic heterocycles. The van der Waals surface area contributed by atoms with Crippen LogP contribution in [0.15, 0.2) is 18.2 Å². The molecule has 1 fully saturated rings. The maximum atomic E-state index is 13.6. The molecule has 1 aliphatic rings. The van der Waals surface area contributed by atoms with Crippen LogP contribution in [0, 0.1) is 17.7 Å². The Labute approximate surface area is 102 Å². The van der Waals surface area contributed by atoms with Crippen LogP contribution in [0.3, 0.4) is 0 Å². The number of rotatable bonds is 5. The topological polar surface area (TPSA) is 21.3 Å². The lowest BCUT2D eigenvalue weighted by atomic mass is 10.0. The zero-order chi connectivity index (χ0) is 12.4. The zero-order valence-electron chi connectivity index (χ0n) is 10.7. The first kappa shape index (κ1) is 12.4. The van der Waals surface area contributed by atoms with Gasteiger partial charge in [-0.1, -0.05) is 13.0 Å². The van der Waals surface area contributed by atoms with E-state index in [0.29, 0.717) is 11.8 Å². The van der Waals surface area contributed by atoms with E-state index in [2.05, 4.69) is 12.2 Å². The highest BCUT2D eigenvalue weighted by Crippen LogP contribution is 2.41. The highest BCUT2D eigenvalue weighted by atomic mass is 19.1. The van der Waals surface area contributed by atoms with Gasteiger partial charge in [-0.15, -0.1) is 0 Å². The van der Waals surface area contributed by atoms with Gasteiger partial charge in [-0.25, -0.2) is 4.39 Å². The first-order valence-corrected chi connectivity index (χ1v) is 6.15. The van der Waals surface area contributed by atoms with Gasteiger partial charge in [0.15, 0.2) is 11.6 Å². The Morgan fingerprint density at radius 3 is 2.71 bits per heavy atom. The third kappa shape index (κ3) is 2.78. The maximum Gasteiger partial charge on any atom is 0.165 e. The lowest BCUT2D eigenvalue weighted by Crippen LogP contribution is -2.30. The predicted molar refractivity (Wildman–Crippen MR) is 66.8 cm³/mol. The van der Waals surface area contributed by atoms with Crippen LogP contribution in [0.2, 0.25) is 0 Å². The highest BCUT2D eigenvalue weighted by Gasteiger charge is 2.38. The number of methoxy groups -OCH3 is 1. The summed E-state index contributed by atoms with van der Waals surface area (Å²) in [6, 6.07) is 5.68. The van der Waals surface area contributed by atoms with Gasteiger partial charge in [-0.3, -0.25) is 0 Å². The molecular weight excluding hydrogens is 217 g/mol. The summed E-state index contributed by atoms with van der Waals surface area (Å²) in [6.45, 7) is 2.27. The molecule has 17 heavy (non-hydrogen) atoms. The molecule has 1 N–H and O–H groups in total. The summed E-state index contributed by atoms with van der Waals surface area (Å²) in [5, 5.41) is 3.34. The van der Waals surface area contributed by atoms with Crippen LogP contribution in [-0.4, -0.2) is 20.2 Å². The average molecular weight is 237 g/mol. The van der Waals surface area contributed by atoms with Crippen molar-refractivity contribution in [2.45, 2.75) is 25.8 Å². The van der Waals surface area contributed by atoms with Gasteiger partial charge in [-0.2, -0.15) is 0 Å². The highest BCUT2D eigenvalue weighted by molar-refractivity contribution is 5.30. The van der Waals surface area contributed by atoms with Gasteiger partial charge in [0, 0.05) is 6.04 Å². The monoisotopic (exact) mass is 237 g/mol. The summed E-state index contributed by atoms with van der Waals surface area (Å²) in [5.41, 5.74) is 1.03. The number of hydrogen-bond donors (Lipinski definition) is 1. The van der Waals surface area contributed by atoms with E-state index >= 15 is 0 Å². The maximum absolute atomic E-state index is 13.6. The van der Waals surface area contributed by atoms with Crippen molar-refractivity contribution in [3.63, 3.8) is 0 Å². The number of ether oxygens (including phenoxy) is 1. The molecule has 3 atom stereocenters. The molecule has 94 valence electrons. The number of benzene rings is 1. The average Bonchev–Trinajstić information content (AvgIpc) is 3.03. The second-order valence-electron chi connectivity index (χ2n) is 4.95. The molecule has 0 bridgehead atoms. The Balaban J connectivity index is 2.04. The van der Waals surface area contributed by atoms with E-state index in [1.807, 2.05) is 13.1 Å². The third-order valence-corrected chi connectivity index (χ3v) is 3.73. The van der Waals surface area contributed by atoms with E-state index in [9.17, 15) is 4.39 Å². The van der Waals surface area contributed by atoms with Gasteiger partial charge in [0.25, 0.3) is 0 Å². The molecule has 0 saturated heterocycles. The van der Waals surface area contributed by atoms with E-state index in [0.717, 1.165) is 23.8 Å². The molecule has 1 aromatic carbocycles. The second kappa shape index (κ2) is 5.05. The van der Waals surface area contributed by atoms with Crippen LogP contribution < -0.4 is 10.1 Å². The first-order chi connectivity index (χ1) is 8.15. The summed E-state index contributed by atoms with van der Waals surface area (Å²) in [5.74, 6) is 1.58. The fraction of sp³-hybridized carbons (Fsp3) is 0.571. The lowest BCUT2D eigenvalue weighted by Gasteiger charge is -2.16. The fourth-order valence-electron chi connectivity index (χ4n) is 2.47. The molecule has 1 aliphatic carbocycles. The van der Waals surface area contributed by atoms with E-state index in [1.165, 1.54) is 13.5 Å². The minimum absolute atomic E-state index is 0.274. The third-order valence-electron chi connectivity index (χ3n) is 3.73. The Kier molecular flexibility index (Phi) is 3.67. The van der Waals surface area contributed by atoms with Crippen LogP contribution in [0.25, 0.3) is 0 Å². The van der Waals surface area contributed by atoms with Crippen molar-refractivity contribution in [2.24, 2.45) is 11.8 Å². The van der Waals surface area contributed by atoms with Gasteiger partial charge in [0.05, 0.1) is 7.11 Å². The van der Waals surface area contributed by atoms with E-state index < -0.39 is 0 Å². The van der Waals surface area contributed by atoms with Gasteiger partial charge >= 0.3 is 0 Å². The van der Waals surface area contributed by atoms with Crippen LogP contribution in [0.1, 0.15) is 18.9 Å². The first-order valence-electron chi connectivity index (χ1n) is 6.15. The normalized spacial score (nSPS) is 24.5. The summed E-state index contributed by atoms with van der Waals surface area (Å²) in [6.07, 6.45) is 2.16. The van der Waals surface area contributed by atoms with Crippen molar-refractivity contribution < 1.29 is 9.13 Å². The Hall–Kier alpha value is -1.09. The molecule has 3 unspecified atom stereocenters. The van der Waals surface area contributed by atoms with Crippen LogP contribution in [-0.2, 0) is 6.42 Å². The molecule has 2 rings (SSSR count). The fourth-order valence-corrected chi connectivity index (χ4v) is 2.47. The van der Waals surface area contributed by atoms with Crippen molar-refractivity contribution in [1.29, 1.82) is 0 Å². The molecule has 2 nitrogen and oxygen atoms in total. The van der Waals surface area contributed by atoms with Crippen molar-refractivity contribution in [2.75, 3.05) is 14.2 Å². The zero-order valence-corrected chi connectivity index (χ0v) is 10.7. The van der Waals surface area contributed by atoms with Crippen LogP contribution in [0.4, 0.5) is 4.39 Å². The summed E-state index contributed by atoms with van der Waals surface area (Å²) in [7, 11) is 3.47. The van der Waals surface area contributed by atoms with E-state index in [1.54, 1.807) is 12.1 Å². The van der Waals surface area contributed by atoms with Crippen molar-refractivity contribution in [1.82, 2.24) is 5.32 Å². The lowest BCUT2D eigenvalue weighted by molar-refractivity contribution is 0.385. The number of halogens is 1. The van der Waals surface area contributed by atoms with Gasteiger partial charge in [0.2, 0.25) is 0 Å². The van der Waals surface area contributed by atoms with Crippen LogP contribution >= 0.6 is 0 Å². The summed E-state index contributed by atoms with van der Waals surface area (Å²) >= 11 is 0. The Morgan fingerprint density at radius 2 is 2.24 bits per heavy atom. The van der Waals surface area contributed by atoms with Crippen molar-refractivity contribution in [3.8, 4) is 5.75 Å². The van der Waals surface area contributed by atoms with E-state index in [4.69, 9.17) is 4.74 Å². The summed E-state index contributed by atoms with van der Waals surface area (Å²) in [4.78, 5) is 0. The van der Waals surface area contributed by atoms with Crippen LogP contribution in [0.5, 0.6) is 5.75 Å². The number of hydrogen-bond acceptors (Lipinski definition) is 2. The molecule has 0 aromatic heterocycles. The Morgan fingerprint density at radius 1 is 1.53 bits per heavy atom. The van der Waals surface area contributed by atoms with Gasteiger partial charge < -0.3 is 10.1 Å². The molecule has 1 aromatic rings. The quantitative estimate of drug-likeness (QED) is 0.850. The number of likely N-dealkylation sites (N-methyl/N-ethyl adjacent to an activating group) is 1. The van der Waals surface area contributed by atoms with Crippen molar-refractivity contribution >= 4 is 0 Å². The molecule has 0 amide bonds. The molecular formula is C14H20FNO.